The summed E-state index contributed by atoms with van der Waals surface area (Å²) in [5.74, 6) is 0. The lowest BCUT2D eigenvalue weighted by atomic mass is 10.1. The summed E-state index contributed by atoms with van der Waals surface area (Å²) in [5.41, 5.74) is 5.86. The summed E-state index contributed by atoms with van der Waals surface area (Å²) < 4.78 is 2.36. The topological polar surface area (TPSA) is 17.8 Å². The van der Waals surface area contributed by atoms with E-state index in [1.807, 2.05) is 19.2 Å². The smallest absolute Gasteiger partial charge is 0.0959 e. The molecule has 19 heavy (non-hydrogen) atoms. The summed E-state index contributed by atoms with van der Waals surface area (Å²) in [6.07, 6.45) is 2.99. The van der Waals surface area contributed by atoms with Crippen LogP contribution in [0.4, 0.5) is 0 Å². The van der Waals surface area contributed by atoms with E-state index in [2.05, 4.69) is 47.3 Å². The summed E-state index contributed by atoms with van der Waals surface area (Å²) in [6.45, 7) is 9.30. The fourth-order valence-electron chi connectivity index (χ4n) is 2.64. The number of aryl methyl sites for hydroxylation is 1. The molecule has 0 aliphatic heterocycles. The van der Waals surface area contributed by atoms with Gasteiger partial charge in [-0.15, -0.1) is 0 Å². The van der Waals surface area contributed by atoms with Crippen molar-refractivity contribution >= 4 is 27.5 Å². The summed E-state index contributed by atoms with van der Waals surface area (Å²) in [4.78, 5) is 4.56. The van der Waals surface area contributed by atoms with Crippen molar-refractivity contribution in [2.45, 2.75) is 26.8 Å². The average molecular weight is 250 g/mol. The molecule has 96 valence electrons. The fraction of sp³-hybridized carbons (Fsp3) is 0.235. The summed E-state index contributed by atoms with van der Waals surface area (Å²) in [7, 11) is 0. The molecule has 0 N–H and O–H groups in total. The molecule has 3 rings (SSSR count). The van der Waals surface area contributed by atoms with Crippen LogP contribution in [0.25, 0.3) is 27.5 Å². The monoisotopic (exact) mass is 250 g/mol. The van der Waals surface area contributed by atoms with Gasteiger partial charge in [0, 0.05) is 18.1 Å². The SMILES string of the molecule is C=C(C)c1ccc2c(c1)c1ncccc1n2CCC. The predicted octanol–water partition coefficient (Wildman–Crippen LogP) is 4.63. The standard InChI is InChI=1S/C17H18N2/c1-4-10-19-15-8-7-13(12(2)3)11-14(15)17-16(19)6-5-9-18-17/h5-9,11H,2,4,10H2,1,3H3. The lowest BCUT2D eigenvalue weighted by Gasteiger charge is -2.05. The molecule has 0 radical (unpaired) electrons. The Balaban J connectivity index is 2.41. The lowest BCUT2D eigenvalue weighted by Crippen LogP contribution is -1.95. The fourth-order valence-corrected chi connectivity index (χ4v) is 2.64. The highest BCUT2D eigenvalue weighted by atomic mass is 15.0. The zero-order valence-corrected chi connectivity index (χ0v) is 11.5. The predicted molar refractivity (Wildman–Crippen MR) is 82.2 cm³/mol. The van der Waals surface area contributed by atoms with Crippen molar-refractivity contribution in [1.82, 2.24) is 9.55 Å². The first-order valence-electron chi connectivity index (χ1n) is 6.75. The number of benzene rings is 1. The third-order valence-corrected chi connectivity index (χ3v) is 3.56. The molecule has 0 aliphatic carbocycles. The van der Waals surface area contributed by atoms with Gasteiger partial charge in [0.25, 0.3) is 0 Å². The Morgan fingerprint density at radius 2 is 2.11 bits per heavy atom. The van der Waals surface area contributed by atoms with E-state index in [-0.39, 0.29) is 0 Å². The molecule has 3 aromatic rings. The zero-order chi connectivity index (χ0) is 13.4. The number of hydrogen-bond donors (Lipinski definition) is 0. The van der Waals surface area contributed by atoms with Crippen LogP contribution in [0.3, 0.4) is 0 Å². The quantitative estimate of drug-likeness (QED) is 0.662. The maximum atomic E-state index is 4.56. The number of fused-ring (bicyclic) bond motifs is 3. The highest BCUT2D eigenvalue weighted by Gasteiger charge is 2.11. The van der Waals surface area contributed by atoms with Crippen LogP contribution in [0.15, 0.2) is 43.1 Å². The van der Waals surface area contributed by atoms with Gasteiger partial charge in [0.1, 0.15) is 0 Å². The van der Waals surface area contributed by atoms with Crippen LogP contribution in [-0.4, -0.2) is 9.55 Å². The third kappa shape index (κ3) is 1.84. The molecule has 0 unspecified atom stereocenters. The van der Waals surface area contributed by atoms with E-state index in [0.717, 1.165) is 24.1 Å². The van der Waals surface area contributed by atoms with E-state index in [9.17, 15) is 0 Å². The van der Waals surface area contributed by atoms with Gasteiger partial charge in [0.05, 0.1) is 16.6 Å². The van der Waals surface area contributed by atoms with Crippen LogP contribution in [-0.2, 0) is 6.54 Å². The summed E-state index contributed by atoms with van der Waals surface area (Å²) in [6, 6.07) is 10.7. The van der Waals surface area contributed by atoms with E-state index in [4.69, 9.17) is 0 Å². The Bertz CT molecular complexity index is 765. The van der Waals surface area contributed by atoms with Crippen molar-refractivity contribution in [2.24, 2.45) is 0 Å². The first-order valence-corrected chi connectivity index (χ1v) is 6.75. The van der Waals surface area contributed by atoms with Gasteiger partial charge in [0.2, 0.25) is 0 Å². The van der Waals surface area contributed by atoms with E-state index in [0.29, 0.717) is 0 Å². The molecule has 0 amide bonds. The molecule has 2 aromatic heterocycles. The molecule has 2 heterocycles. The average Bonchev–Trinajstić information content (AvgIpc) is 2.74. The van der Waals surface area contributed by atoms with Gasteiger partial charge in [-0.25, -0.2) is 0 Å². The largest absolute Gasteiger partial charge is 0.339 e. The van der Waals surface area contributed by atoms with Crippen LogP contribution < -0.4 is 0 Å². The first kappa shape index (κ1) is 12.0. The van der Waals surface area contributed by atoms with Gasteiger partial charge >= 0.3 is 0 Å². The van der Waals surface area contributed by atoms with Gasteiger partial charge in [-0.1, -0.05) is 25.1 Å². The van der Waals surface area contributed by atoms with Gasteiger partial charge in [-0.05, 0) is 43.2 Å². The van der Waals surface area contributed by atoms with Crippen LogP contribution >= 0.6 is 0 Å². The highest BCUT2D eigenvalue weighted by Crippen LogP contribution is 2.29. The van der Waals surface area contributed by atoms with E-state index >= 15 is 0 Å². The second kappa shape index (κ2) is 4.54. The van der Waals surface area contributed by atoms with E-state index in [1.165, 1.54) is 22.0 Å². The minimum Gasteiger partial charge on any atom is -0.339 e. The van der Waals surface area contributed by atoms with Crippen LogP contribution in [0.1, 0.15) is 25.8 Å². The minimum absolute atomic E-state index is 1.03. The second-order valence-electron chi connectivity index (χ2n) is 5.04. The number of hydrogen-bond acceptors (Lipinski definition) is 1. The maximum absolute atomic E-state index is 4.56. The van der Waals surface area contributed by atoms with Crippen LogP contribution in [0.5, 0.6) is 0 Å². The second-order valence-corrected chi connectivity index (χ2v) is 5.04. The number of allylic oxidation sites excluding steroid dienone is 1. The molecule has 2 heteroatoms. The van der Waals surface area contributed by atoms with Gasteiger partial charge in [0.15, 0.2) is 0 Å². The zero-order valence-electron chi connectivity index (χ0n) is 11.5. The molecule has 0 aliphatic rings. The third-order valence-electron chi connectivity index (χ3n) is 3.56. The van der Waals surface area contributed by atoms with Crippen LogP contribution in [0.2, 0.25) is 0 Å². The molecule has 0 saturated heterocycles. The lowest BCUT2D eigenvalue weighted by molar-refractivity contribution is 0.723. The molecular formula is C17H18N2. The number of nitrogens with zero attached hydrogens (tertiary/aromatic N) is 2. The van der Waals surface area contributed by atoms with Crippen molar-refractivity contribution in [3.8, 4) is 0 Å². The Kier molecular flexibility index (Phi) is 2.86. The number of rotatable bonds is 3. The Morgan fingerprint density at radius 3 is 2.84 bits per heavy atom. The van der Waals surface area contributed by atoms with Crippen molar-refractivity contribution in [2.75, 3.05) is 0 Å². The van der Waals surface area contributed by atoms with Gasteiger partial charge in [-0.3, -0.25) is 4.98 Å². The van der Waals surface area contributed by atoms with Crippen LogP contribution in [0, 0.1) is 0 Å². The first-order chi connectivity index (χ1) is 9.22. The number of aromatic nitrogens is 2. The van der Waals surface area contributed by atoms with E-state index in [1.54, 1.807) is 0 Å². The number of pyridine rings is 1. The molecular weight excluding hydrogens is 232 g/mol. The van der Waals surface area contributed by atoms with Crippen molar-refractivity contribution in [1.29, 1.82) is 0 Å². The van der Waals surface area contributed by atoms with E-state index < -0.39 is 0 Å². The molecule has 0 saturated carbocycles. The molecule has 0 spiro atoms. The van der Waals surface area contributed by atoms with Crippen molar-refractivity contribution < 1.29 is 0 Å². The molecule has 0 bridgehead atoms. The minimum atomic E-state index is 1.03. The normalized spacial score (nSPS) is 11.3. The van der Waals surface area contributed by atoms with Gasteiger partial charge < -0.3 is 4.57 Å². The highest BCUT2D eigenvalue weighted by molar-refractivity contribution is 6.06. The summed E-state index contributed by atoms with van der Waals surface area (Å²) >= 11 is 0. The molecule has 1 aromatic carbocycles. The van der Waals surface area contributed by atoms with Crippen molar-refractivity contribution in [3.63, 3.8) is 0 Å². The van der Waals surface area contributed by atoms with Crippen molar-refractivity contribution in [3.05, 3.63) is 48.7 Å². The van der Waals surface area contributed by atoms with Gasteiger partial charge in [-0.2, -0.15) is 0 Å². The molecule has 2 nitrogen and oxygen atoms in total. The Hall–Kier alpha value is -2.09. The summed E-state index contributed by atoms with van der Waals surface area (Å²) in [5, 5.41) is 1.23. The Morgan fingerprint density at radius 1 is 1.26 bits per heavy atom. The molecule has 0 atom stereocenters. The Labute approximate surface area is 113 Å². The molecule has 0 fully saturated rings. The maximum Gasteiger partial charge on any atom is 0.0959 e.